The fraction of sp³-hybridized carbons (Fsp3) is 0.360. The Morgan fingerprint density at radius 1 is 1.09 bits per heavy atom. The molecule has 2 aromatic rings. The van der Waals surface area contributed by atoms with Gasteiger partial charge in [0.2, 0.25) is 0 Å². The van der Waals surface area contributed by atoms with Crippen LogP contribution in [0.5, 0.6) is 11.5 Å². The average molecular weight is 452 g/mol. The van der Waals surface area contributed by atoms with E-state index in [9.17, 15) is 9.59 Å². The van der Waals surface area contributed by atoms with E-state index in [1.54, 1.807) is 33.3 Å². The molecule has 0 saturated heterocycles. The number of methoxy groups -OCH3 is 2. The van der Waals surface area contributed by atoms with Gasteiger partial charge in [-0.3, -0.25) is 4.90 Å². The standard InChI is InChI=1S/C25H29N3O5/c1-4-33-24(29)22-19(15-28-12-11-16-7-5-6-8-18(16)14-28)26-25(30)27-23(22)17-9-10-20(31-2)21(13-17)32-3/h5-10,13,23H,4,11-12,14-15H2,1-3H3,(H2,26,27,30)/t23-/m1/s1. The first-order chi connectivity index (χ1) is 16.0. The van der Waals surface area contributed by atoms with E-state index in [-0.39, 0.29) is 12.6 Å². The normalized spacial score (nSPS) is 18.2. The molecule has 2 N–H and O–H groups in total. The summed E-state index contributed by atoms with van der Waals surface area (Å²) in [6, 6.07) is 12.6. The number of urea groups is 1. The van der Waals surface area contributed by atoms with Gasteiger partial charge in [-0.2, -0.15) is 0 Å². The molecule has 0 unspecified atom stereocenters. The Hall–Kier alpha value is -3.52. The third-order valence-electron chi connectivity index (χ3n) is 5.98. The maximum Gasteiger partial charge on any atom is 0.338 e. The summed E-state index contributed by atoms with van der Waals surface area (Å²) in [5.41, 5.74) is 4.25. The minimum atomic E-state index is -0.676. The molecule has 0 radical (unpaired) electrons. The highest BCUT2D eigenvalue weighted by molar-refractivity contribution is 5.95. The number of nitrogens with one attached hydrogen (secondary N) is 2. The molecule has 8 heteroatoms. The van der Waals surface area contributed by atoms with Crippen molar-refractivity contribution in [2.24, 2.45) is 0 Å². The predicted octanol–water partition coefficient (Wildman–Crippen LogP) is 2.93. The molecule has 2 aliphatic rings. The van der Waals surface area contributed by atoms with Gasteiger partial charge in [0, 0.05) is 25.3 Å². The second-order valence-electron chi connectivity index (χ2n) is 7.99. The van der Waals surface area contributed by atoms with Crippen molar-refractivity contribution in [2.45, 2.75) is 25.9 Å². The van der Waals surface area contributed by atoms with Crippen molar-refractivity contribution in [1.82, 2.24) is 15.5 Å². The third-order valence-corrected chi connectivity index (χ3v) is 5.98. The highest BCUT2D eigenvalue weighted by Gasteiger charge is 2.35. The van der Waals surface area contributed by atoms with Crippen molar-refractivity contribution in [3.05, 3.63) is 70.4 Å². The molecular formula is C25H29N3O5. The molecule has 2 aliphatic heterocycles. The lowest BCUT2D eigenvalue weighted by molar-refractivity contribution is -0.139. The van der Waals surface area contributed by atoms with Crippen LogP contribution in [0, 0.1) is 0 Å². The number of benzene rings is 2. The first-order valence-electron chi connectivity index (χ1n) is 11.0. The quantitative estimate of drug-likeness (QED) is 0.630. The monoisotopic (exact) mass is 451 g/mol. The Morgan fingerprint density at radius 3 is 2.58 bits per heavy atom. The molecular weight excluding hydrogens is 422 g/mol. The van der Waals surface area contributed by atoms with E-state index in [4.69, 9.17) is 14.2 Å². The number of hydrogen-bond acceptors (Lipinski definition) is 6. The third kappa shape index (κ3) is 4.80. The van der Waals surface area contributed by atoms with Gasteiger partial charge in [-0.25, -0.2) is 9.59 Å². The number of fused-ring (bicyclic) bond motifs is 1. The largest absolute Gasteiger partial charge is 0.493 e. The highest BCUT2D eigenvalue weighted by Crippen LogP contribution is 2.35. The summed E-state index contributed by atoms with van der Waals surface area (Å²) < 4.78 is 16.1. The summed E-state index contributed by atoms with van der Waals surface area (Å²) >= 11 is 0. The summed E-state index contributed by atoms with van der Waals surface area (Å²) in [4.78, 5) is 27.9. The molecule has 0 saturated carbocycles. The fourth-order valence-corrected chi connectivity index (χ4v) is 4.39. The highest BCUT2D eigenvalue weighted by atomic mass is 16.5. The van der Waals surface area contributed by atoms with Crippen LogP contribution in [0.2, 0.25) is 0 Å². The summed E-state index contributed by atoms with van der Waals surface area (Å²) in [6.45, 7) is 4.01. The molecule has 1 atom stereocenters. The molecule has 0 aliphatic carbocycles. The van der Waals surface area contributed by atoms with Crippen LogP contribution < -0.4 is 20.1 Å². The summed E-state index contributed by atoms with van der Waals surface area (Å²) in [6.07, 6.45) is 0.920. The summed E-state index contributed by atoms with van der Waals surface area (Å²) in [7, 11) is 3.10. The number of carbonyl (C=O) groups excluding carboxylic acids is 2. The molecule has 0 bridgehead atoms. The summed E-state index contributed by atoms with van der Waals surface area (Å²) in [5, 5.41) is 5.73. The van der Waals surface area contributed by atoms with Crippen molar-refractivity contribution in [2.75, 3.05) is 33.9 Å². The van der Waals surface area contributed by atoms with E-state index in [1.807, 2.05) is 12.1 Å². The van der Waals surface area contributed by atoms with Crippen LogP contribution in [0.3, 0.4) is 0 Å². The Morgan fingerprint density at radius 2 is 1.85 bits per heavy atom. The minimum absolute atomic E-state index is 0.235. The van der Waals surface area contributed by atoms with E-state index in [0.717, 1.165) is 19.5 Å². The molecule has 0 aromatic heterocycles. The number of nitrogens with zero attached hydrogens (tertiary/aromatic N) is 1. The number of ether oxygens (including phenoxy) is 3. The molecule has 4 rings (SSSR count). The molecule has 2 heterocycles. The Balaban J connectivity index is 1.70. The van der Waals surface area contributed by atoms with Gasteiger partial charge < -0.3 is 24.8 Å². The second-order valence-corrected chi connectivity index (χ2v) is 7.99. The van der Waals surface area contributed by atoms with Crippen LogP contribution in [0.25, 0.3) is 0 Å². The van der Waals surface area contributed by atoms with Crippen LogP contribution in [0.1, 0.15) is 29.7 Å². The van der Waals surface area contributed by atoms with Gasteiger partial charge in [0.05, 0.1) is 32.4 Å². The molecule has 33 heavy (non-hydrogen) atoms. The summed E-state index contributed by atoms with van der Waals surface area (Å²) in [5.74, 6) is 0.618. The lowest BCUT2D eigenvalue weighted by Gasteiger charge is -2.34. The van der Waals surface area contributed by atoms with E-state index >= 15 is 0 Å². The van der Waals surface area contributed by atoms with Crippen molar-refractivity contribution >= 4 is 12.0 Å². The van der Waals surface area contributed by atoms with Gasteiger partial charge in [0.1, 0.15) is 0 Å². The van der Waals surface area contributed by atoms with Crippen LogP contribution in [0.15, 0.2) is 53.7 Å². The number of esters is 1. The zero-order chi connectivity index (χ0) is 23.4. The Labute approximate surface area is 193 Å². The zero-order valence-electron chi connectivity index (χ0n) is 19.1. The van der Waals surface area contributed by atoms with Crippen molar-refractivity contribution in [3.8, 4) is 11.5 Å². The van der Waals surface area contributed by atoms with E-state index in [2.05, 4.69) is 33.7 Å². The molecule has 174 valence electrons. The molecule has 8 nitrogen and oxygen atoms in total. The maximum atomic E-state index is 13.1. The van der Waals surface area contributed by atoms with Crippen molar-refractivity contribution < 1.29 is 23.8 Å². The minimum Gasteiger partial charge on any atom is -0.493 e. The van der Waals surface area contributed by atoms with E-state index in [0.29, 0.717) is 34.9 Å². The zero-order valence-corrected chi connectivity index (χ0v) is 19.1. The van der Waals surface area contributed by atoms with Crippen molar-refractivity contribution in [3.63, 3.8) is 0 Å². The predicted molar refractivity (Wildman–Crippen MR) is 123 cm³/mol. The number of hydrogen-bond donors (Lipinski definition) is 2. The van der Waals surface area contributed by atoms with Gasteiger partial charge in [0.25, 0.3) is 0 Å². The lowest BCUT2D eigenvalue weighted by Crippen LogP contribution is -2.49. The smallest absolute Gasteiger partial charge is 0.338 e. The fourth-order valence-electron chi connectivity index (χ4n) is 4.39. The topological polar surface area (TPSA) is 89.1 Å². The number of carbonyl (C=O) groups is 2. The van der Waals surface area contributed by atoms with Gasteiger partial charge >= 0.3 is 12.0 Å². The van der Waals surface area contributed by atoms with Gasteiger partial charge in [-0.15, -0.1) is 0 Å². The van der Waals surface area contributed by atoms with Crippen LogP contribution in [-0.2, 0) is 22.5 Å². The number of amides is 2. The lowest BCUT2D eigenvalue weighted by atomic mass is 9.94. The first kappa shape index (κ1) is 22.7. The van der Waals surface area contributed by atoms with Crippen LogP contribution in [-0.4, -0.2) is 50.8 Å². The molecule has 0 fully saturated rings. The number of rotatable bonds is 7. The second kappa shape index (κ2) is 9.95. The maximum absolute atomic E-state index is 13.1. The first-order valence-corrected chi connectivity index (χ1v) is 11.0. The van der Waals surface area contributed by atoms with E-state index < -0.39 is 12.0 Å². The van der Waals surface area contributed by atoms with Crippen molar-refractivity contribution in [1.29, 1.82) is 0 Å². The van der Waals surface area contributed by atoms with Gasteiger partial charge in [-0.05, 0) is 42.2 Å². The molecule has 0 spiro atoms. The van der Waals surface area contributed by atoms with Crippen LogP contribution in [0.4, 0.5) is 4.79 Å². The SMILES string of the molecule is CCOC(=O)C1=C(CN2CCc3ccccc3C2)NC(=O)N[C@@H]1c1ccc(OC)c(OC)c1. The average Bonchev–Trinajstić information content (AvgIpc) is 2.83. The van der Waals surface area contributed by atoms with Crippen LogP contribution >= 0.6 is 0 Å². The Bertz CT molecular complexity index is 1080. The Kier molecular flexibility index (Phi) is 6.84. The van der Waals surface area contributed by atoms with Gasteiger partial charge in [-0.1, -0.05) is 30.3 Å². The van der Waals surface area contributed by atoms with Gasteiger partial charge in [0.15, 0.2) is 11.5 Å². The van der Waals surface area contributed by atoms with E-state index in [1.165, 1.54) is 11.1 Å². The molecule has 2 amide bonds. The molecule has 2 aromatic carbocycles.